The van der Waals surface area contributed by atoms with Gasteiger partial charge in [0.05, 0.1) is 6.61 Å². The van der Waals surface area contributed by atoms with Gasteiger partial charge in [-0.25, -0.2) is 0 Å². The maximum absolute atomic E-state index is 9.18. The summed E-state index contributed by atoms with van der Waals surface area (Å²) in [5, 5.41) is 10.4. The molecule has 0 saturated carbocycles. The van der Waals surface area contributed by atoms with Crippen molar-refractivity contribution in [2.45, 2.75) is 13.2 Å². The molecule has 0 fully saturated rings. The Labute approximate surface area is 130 Å². The molecule has 0 amide bonds. The Kier molecular flexibility index (Phi) is 5.11. The first kappa shape index (κ1) is 14.7. The standard InChI is InChI=1S/C14H11BrCl2O2/c15-13-4-3-12(5-10(13)7-18)19-8-9-1-2-11(16)6-14(9)17/h1-6,18H,7-8H2. The van der Waals surface area contributed by atoms with E-state index in [1.54, 1.807) is 18.2 Å². The third-order valence-corrected chi connectivity index (χ3v) is 3.96. The smallest absolute Gasteiger partial charge is 0.120 e. The lowest BCUT2D eigenvalue weighted by molar-refractivity contribution is 0.277. The van der Waals surface area contributed by atoms with E-state index in [4.69, 9.17) is 27.9 Å². The van der Waals surface area contributed by atoms with Crippen LogP contribution in [-0.2, 0) is 13.2 Å². The molecule has 0 bridgehead atoms. The molecule has 0 atom stereocenters. The van der Waals surface area contributed by atoms with E-state index in [1.807, 2.05) is 18.2 Å². The average Bonchev–Trinajstić information content (AvgIpc) is 2.39. The lowest BCUT2D eigenvalue weighted by Crippen LogP contribution is -1.97. The van der Waals surface area contributed by atoms with Gasteiger partial charge in [0.2, 0.25) is 0 Å². The molecule has 0 unspecified atom stereocenters. The van der Waals surface area contributed by atoms with Crippen LogP contribution in [0.4, 0.5) is 0 Å². The molecule has 100 valence electrons. The summed E-state index contributed by atoms with van der Waals surface area (Å²) in [7, 11) is 0. The molecule has 0 heterocycles. The first-order valence-electron chi connectivity index (χ1n) is 5.56. The average molecular weight is 362 g/mol. The Morgan fingerprint density at radius 2 is 1.84 bits per heavy atom. The van der Waals surface area contributed by atoms with E-state index in [2.05, 4.69) is 15.9 Å². The van der Waals surface area contributed by atoms with Crippen LogP contribution in [0.5, 0.6) is 5.75 Å². The molecule has 0 aliphatic heterocycles. The molecule has 0 aromatic heterocycles. The van der Waals surface area contributed by atoms with Gasteiger partial charge in [-0.3, -0.25) is 0 Å². The van der Waals surface area contributed by atoms with Gasteiger partial charge in [0.15, 0.2) is 0 Å². The summed E-state index contributed by atoms with van der Waals surface area (Å²) in [5.74, 6) is 0.679. The SMILES string of the molecule is OCc1cc(OCc2ccc(Cl)cc2Cl)ccc1Br. The summed E-state index contributed by atoms with van der Waals surface area (Å²) in [6.45, 7) is 0.308. The van der Waals surface area contributed by atoms with Crippen molar-refractivity contribution in [3.05, 3.63) is 62.0 Å². The molecule has 0 aliphatic rings. The van der Waals surface area contributed by atoms with Gasteiger partial charge in [-0.2, -0.15) is 0 Å². The third-order valence-electron chi connectivity index (χ3n) is 2.60. The molecule has 1 N–H and O–H groups in total. The fourth-order valence-electron chi connectivity index (χ4n) is 1.56. The highest BCUT2D eigenvalue weighted by molar-refractivity contribution is 9.10. The summed E-state index contributed by atoms with van der Waals surface area (Å²) in [4.78, 5) is 0. The Morgan fingerprint density at radius 1 is 1.05 bits per heavy atom. The highest BCUT2D eigenvalue weighted by Gasteiger charge is 2.05. The topological polar surface area (TPSA) is 29.5 Å². The van der Waals surface area contributed by atoms with E-state index in [9.17, 15) is 5.11 Å². The molecule has 2 aromatic rings. The van der Waals surface area contributed by atoms with Crippen molar-refractivity contribution in [1.82, 2.24) is 0 Å². The minimum atomic E-state index is -0.0422. The number of aliphatic hydroxyl groups excluding tert-OH is 1. The lowest BCUT2D eigenvalue weighted by Gasteiger charge is -2.10. The van der Waals surface area contributed by atoms with Crippen molar-refractivity contribution in [2.24, 2.45) is 0 Å². The van der Waals surface area contributed by atoms with Crippen molar-refractivity contribution in [2.75, 3.05) is 0 Å². The third kappa shape index (κ3) is 3.86. The van der Waals surface area contributed by atoms with Gasteiger partial charge in [-0.05, 0) is 35.9 Å². The zero-order valence-corrected chi connectivity index (χ0v) is 13.0. The summed E-state index contributed by atoms with van der Waals surface area (Å²) in [6.07, 6.45) is 0. The molecule has 5 heteroatoms. The quantitative estimate of drug-likeness (QED) is 0.845. The van der Waals surface area contributed by atoms with Gasteiger partial charge in [-0.1, -0.05) is 45.2 Å². The maximum Gasteiger partial charge on any atom is 0.120 e. The molecule has 2 nitrogen and oxygen atoms in total. The van der Waals surface area contributed by atoms with Crippen LogP contribution in [-0.4, -0.2) is 5.11 Å². The molecule has 2 aromatic carbocycles. The van der Waals surface area contributed by atoms with Gasteiger partial charge in [0.1, 0.15) is 12.4 Å². The number of rotatable bonds is 4. The van der Waals surface area contributed by atoms with Crippen LogP contribution >= 0.6 is 39.1 Å². The van der Waals surface area contributed by atoms with Crippen LogP contribution in [0.25, 0.3) is 0 Å². The summed E-state index contributed by atoms with van der Waals surface area (Å²) >= 11 is 15.3. The van der Waals surface area contributed by atoms with Crippen LogP contribution < -0.4 is 4.74 Å². The summed E-state index contributed by atoms with van der Waals surface area (Å²) < 4.78 is 6.50. The number of hydrogen-bond donors (Lipinski definition) is 1. The molecule has 19 heavy (non-hydrogen) atoms. The second kappa shape index (κ2) is 6.62. The van der Waals surface area contributed by atoms with Crippen molar-refractivity contribution >= 4 is 39.1 Å². The molecule has 0 radical (unpaired) electrons. The van der Waals surface area contributed by atoms with Gasteiger partial charge in [-0.15, -0.1) is 0 Å². The molecular weight excluding hydrogens is 351 g/mol. The zero-order chi connectivity index (χ0) is 13.8. The largest absolute Gasteiger partial charge is 0.489 e. The van der Waals surface area contributed by atoms with Crippen LogP contribution in [0, 0.1) is 0 Å². The minimum absolute atomic E-state index is 0.0422. The predicted octanol–water partition coefficient (Wildman–Crippen LogP) is 4.83. The van der Waals surface area contributed by atoms with Gasteiger partial charge in [0, 0.05) is 20.1 Å². The summed E-state index contributed by atoms with van der Waals surface area (Å²) in [6, 6.07) is 10.7. The number of aliphatic hydroxyl groups is 1. The normalized spacial score (nSPS) is 10.5. The van der Waals surface area contributed by atoms with Gasteiger partial charge >= 0.3 is 0 Å². The van der Waals surface area contributed by atoms with Gasteiger partial charge < -0.3 is 9.84 Å². The fourth-order valence-corrected chi connectivity index (χ4v) is 2.40. The monoisotopic (exact) mass is 360 g/mol. The first-order chi connectivity index (χ1) is 9.10. The first-order valence-corrected chi connectivity index (χ1v) is 7.11. The van der Waals surface area contributed by atoms with Crippen molar-refractivity contribution < 1.29 is 9.84 Å². The Hall–Kier alpha value is -0.740. The van der Waals surface area contributed by atoms with Crippen LogP contribution in [0.15, 0.2) is 40.9 Å². The minimum Gasteiger partial charge on any atom is -0.489 e. The number of hydrogen-bond acceptors (Lipinski definition) is 2. The molecular formula is C14H11BrCl2O2. The number of benzene rings is 2. The van der Waals surface area contributed by atoms with E-state index in [1.165, 1.54) is 0 Å². The second-order valence-corrected chi connectivity index (χ2v) is 5.63. The van der Waals surface area contributed by atoms with Crippen molar-refractivity contribution in [3.63, 3.8) is 0 Å². The summed E-state index contributed by atoms with van der Waals surface area (Å²) in [5.41, 5.74) is 1.64. The van der Waals surface area contributed by atoms with Crippen LogP contribution in [0.2, 0.25) is 10.0 Å². The highest BCUT2D eigenvalue weighted by Crippen LogP contribution is 2.25. The number of halogens is 3. The van der Waals surface area contributed by atoms with E-state index in [-0.39, 0.29) is 6.61 Å². The predicted molar refractivity (Wildman–Crippen MR) is 80.9 cm³/mol. The molecule has 2 rings (SSSR count). The Morgan fingerprint density at radius 3 is 2.53 bits per heavy atom. The van der Waals surface area contributed by atoms with Gasteiger partial charge in [0.25, 0.3) is 0 Å². The fraction of sp³-hybridized carbons (Fsp3) is 0.143. The zero-order valence-electron chi connectivity index (χ0n) is 9.87. The van der Waals surface area contributed by atoms with Crippen LogP contribution in [0.3, 0.4) is 0 Å². The van der Waals surface area contributed by atoms with Crippen LogP contribution in [0.1, 0.15) is 11.1 Å². The highest BCUT2D eigenvalue weighted by atomic mass is 79.9. The Balaban J connectivity index is 2.10. The second-order valence-electron chi connectivity index (χ2n) is 3.94. The Bertz CT molecular complexity index is 588. The molecule has 0 saturated heterocycles. The van der Waals surface area contributed by atoms with E-state index < -0.39 is 0 Å². The van der Waals surface area contributed by atoms with E-state index in [0.717, 1.165) is 15.6 Å². The lowest BCUT2D eigenvalue weighted by atomic mass is 10.2. The number of ether oxygens (including phenoxy) is 1. The molecule has 0 aliphatic carbocycles. The van der Waals surface area contributed by atoms with E-state index in [0.29, 0.717) is 22.4 Å². The van der Waals surface area contributed by atoms with Crippen molar-refractivity contribution in [1.29, 1.82) is 0 Å². The van der Waals surface area contributed by atoms with E-state index >= 15 is 0 Å². The maximum atomic E-state index is 9.18. The van der Waals surface area contributed by atoms with Crippen molar-refractivity contribution in [3.8, 4) is 5.75 Å². The molecule has 0 spiro atoms.